The van der Waals surface area contributed by atoms with E-state index in [0.29, 0.717) is 10.6 Å². The van der Waals surface area contributed by atoms with E-state index in [1.165, 1.54) is 0 Å². The molecular formula is C16H14F3N3O3S2. The van der Waals surface area contributed by atoms with Gasteiger partial charge < -0.3 is 10.1 Å². The third-order valence-electron chi connectivity index (χ3n) is 3.18. The lowest BCUT2D eigenvalue weighted by molar-refractivity contribution is -0.137. The Morgan fingerprint density at radius 1 is 1.26 bits per heavy atom. The van der Waals surface area contributed by atoms with Crippen molar-refractivity contribution in [2.45, 2.75) is 20.0 Å². The van der Waals surface area contributed by atoms with Gasteiger partial charge in [-0.2, -0.15) is 13.2 Å². The summed E-state index contributed by atoms with van der Waals surface area (Å²) in [5, 5.41) is 5.16. The number of carbonyl (C=O) groups excluding carboxylic acids is 2. The van der Waals surface area contributed by atoms with Crippen LogP contribution in [0.5, 0.6) is 0 Å². The molecule has 11 heteroatoms. The van der Waals surface area contributed by atoms with Crippen molar-refractivity contribution < 1.29 is 27.5 Å². The molecule has 0 aliphatic carbocycles. The van der Waals surface area contributed by atoms with Crippen LogP contribution >= 0.6 is 23.6 Å². The standard InChI is InChI=1S/C16H14F3N3O3S2/c1-3-25-13(24)11-8(2)20-15(27-11)22-14(26)21-12(23)9-4-6-10(7-5-9)16(17,18)19/h4-7H,3H2,1-2H3,(H2,20,21,22,23,26). The third-order valence-corrected chi connectivity index (χ3v) is 4.44. The number of hydrogen-bond donors (Lipinski definition) is 2. The van der Waals surface area contributed by atoms with Crippen LogP contribution in [-0.4, -0.2) is 28.6 Å². The summed E-state index contributed by atoms with van der Waals surface area (Å²) in [6.07, 6.45) is -4.48. The summed E-state index contributed by atoms with van der Waals surface area (Å²) in [5.74, 6) is -1.19. The molecule has 2 rings (SSSR count). The average Bonchev–Trinajstić information content (AvgIpc) is 2.94. The van der Waals surface area contributed by atoms with E-state index in [2.05, 4.69) is 15.6 Å². The lowest BCUT2D eigenvalue weighted by Gasteiger charge is -2.09. The molecule has 1 heterocycles. The Morgan fingerprint density at radius 3 is 2.44 bits per heavy atom. The number of thiocarbonyl (C=S) groups is 1. The van der Waals surface area contributed by atoms with E-state index >= 15 is 0 Å². The van der Waals surface area contributed by atoms with Gasteiger partial charge in [-0.05, 0) is 50.3 Å². The quantitative estimate of drug-likeness (QED) is 0.582. The first kappa shape index (κ1) is 20.8. The fraction of sp³-hybridized carbons (Fsp3) is 0.250. The van der Waals surface area contributed by atoms with Crippen LogP contribution in [0.25, 0.3) is 0 Å². The van der Waals surface area contributed by atoms with Crippen molar-refractivity contribution in [3.63, 3.8) is 0 Å². The highest BCUT2D eigenvalue weighted by atomic mass is 32.1. The Kier molecular flexibility index (Phi) is 6.50. The molecule has 0 bridgehead atoms. The number of aryl methyl sites for hydroxylation is 1. The predicted molar refractivity (Wildman–Crippen MR) is 97.9 cm³/mol. The van der Waals surface area contributed by atoms with Crippen molar-refractivity contribution in [1.29, 1.82) is 0 Å². The molecule has 0 saturated heterocycles. The molecule has 0 spiro atoms. The van der Waals surface area contributed by atoms with Gasteiger partial charge in [-0.1, -0.05) is 11.3 Å². The maximum atomic E-state index is 12.5. The molecule has 2 N–H and O–H groups in total. The number of thiazole rings is 1. The average molecular weight is 417 g/mol. The van der Waals surface area contributed by atoms with E-state index in [1.807, 2.05) is 0 Å². The molecule has 0 aliphatic rings. The Hall–Kier alpha value is -2.53. The van der Waals surface area contributed by atoms with Crippen LogP contribution in [0.4, 0.5) is 18.3 Å². The first-order valence-electron chi connectivity index (χ1n) is 7.56. The van der Waals surface area contributed by atoms with Crippen LogP contribution in [0.15, 0.2) is 24.3 Å². The van der Waals surface area contributed by atoms with Crippen molar-refractivity contribution in [2.75, 3.05) is 11.9 Å². The van der Waals surface area contributed by atoms with Gasteiger partial charge in [0.05, 0.1) is 17.9 Å². The zero-order valence-corrected chi connectivity index (χ0v) is 15.8. The molecule has 2 aromatic rings. The Labute approximate surface area is 161 Å². The highest BCUT2D eigenvalue weighted by Gasteiger charge is 2.30. The number of amides is 1. The minimum Gasteiger partial charge on any atom is -0.462 e. The first-order chi connectivity index (χ1) is 12.6. The highest BCUT2D eigenvalue weighted by Crippen LogP contribution is 2.29. The van der Waals surface area contributed by atoms with E-state index in [-0.39, 0.29) is 22.4 Å². The number of carbonyl (C=O) groups is 2. The fourth-order valence-corrected chi connectivity index (χ4v) is 3.07. The second kappa shape index (κ2) is 8.44. The Balaban J connectivity index is 2.00. The third kappa shape index (κ3) is 5.47. The number of ether oxygens (including phenoxy) is 1. The van der Waals surface area contributed by atoms with Gasteiger partial charge >= 0.3 is 12.1 Å². The summed E-state index contributed by atoms with van der Waals surface area (Å²) < 4.78 is 42.5. The van der Waals surface area contributed by atoms with Gasteiger partial charge in [-0.15, -0.1) is 0 Å². The topological polar surface area (TPSA) is 80.3 Å². The smallest absolute Gasteiger partial charge is 0.416 e. The number of nitrogens with one attached hydrogen (secondary N) is 2. The van der Waals surface area contributed by atoms with E-state index in [9.17, 15) is 22.8 Å². The zero-order chi connectivity index (χ0) is 20.2. The van der Waals surface area contributed by atoms with Crippen LogP contribution < -0.4 is 10.6 Å². The maximum absolute atomic E-state index is 12.5. The van der Waals surface area contributed by atoms with Crippen molar-refractivity contribution in [1.82, 2.24) is 10.3 Å². The molecular weight excluding hydrogens is 403 g/mol. The fourth-order valence-electron chi connectivity index (χ4n) is 1.95. The minimum atomic E-state index is -4.48. The normalized spacial score (nSPS) is 11.0. The van der Waals surface area contributed by atoms with E-state index in [1.54, 1.807) is 13.8 Å². The molecule has 0 aliphatic heterocycles. The lowest BCUT2D eigenvalue weighted by atomic mass is 10.1. The summed E-state index contributed by atoms with van der Waals surface area (Å²) in [5.41, 5.74) is -0.406. The van der Waals surface area contributed by atoms with Gasteiger partial charge in [0.2, 0.25) is 0 Å². The lowest BCUT2D eigenvalue weighted by Crippen LogP contribution is -2.34. The van der Waals surface area contributed by atoms with Crippen LogP contribution in [0.1, 0.15) is 38.2 Å². The summed E-state index contributed by atoms with van der Waals surface area (Å²) in [6, 6.07) is 3.71. The number of rotatable bonds is 4. The van der Waals surface area contributed by atoms with Crippen LogP contribution in [-0.2, 0) is 10.9 Å². The van der Waals surface area contributed by atoms with Crippen molar-refractivity contribution in [3.8, 4) is 0 Å². The summed E-state index contributed by atoms with van der Waals surface area (Å²) in [6.45, 7) is 3.53. The number of nitrogens with zero attached hydrogens (tertiary/aromatic N) is 1. The van der Waals surface area contributed by atoms with Crippen molar-refractivity contribution >= 4 is 45.7 Å². The number of alkyl halides is 3. The molecule has 0 fully saturated rings. The molecule has 0 atom stereocenters. The van der Waals surface area contributed by atoms with Gasteiger partial charge in [0, 0.05) is 5.56 Å². The zero-order valence-electron chi connectivity index (χ0n) is 14.1. The summed E-state index contributed by atoms with van der Waals surface area (Å²) in [4.78, 5) is 28.2. The minimum absolute atomic E-state index is 0.00896. The predicted octanol–water partition coefficient (Wildman–Crippen LogP) is 3.77. The number of benzene rings is 1. The molecule has 27 heavy (non-hydrogen) atoms. The SMILES string of the molecule is CCOC(=O)c1sc(NC(=S)NC(=O)c2ccc(C(F)(F)F)cc2)nc1C. The maximum Gasteiger partial charge on any atom is 0.416 e. The second-order valence-corrected chi connectivity index (χ2v) is 6.54. The summed E-state index contributed by atoms with van der Waals surface area (Å²) in [7, 11) is 0. The number of esters is 1. The molecule has 1 amide bonds. The largest absolute Gasteiger partial charge is 0.462 e. The van der Waals surface area contributed by atoms with Crippen LogP contribution in [0, 0.1) is 6.92 Å². The molecule has 0 unspecified atom stereocenters. The van der Waals surface area contributed by atoms with Crippen LogP contribution in [0.2, 0.25) is 0 Å². The van der Waals surface area contributed by atoms with Crippen molar-refractivity contribution in [2.24, 2.45) is 0 Å². The van der Waals surface area contributed by atoms with Gasteiger partial charge in [0.1, 0.15) is 4.88 Å². The molecule has 0 radical (unpaired) electrons. The van der Waals surface area contributed by atoms with Crippen LogP contribution in [0.3, 0.4) is 0 Å². The highest BCUT2D eigenvalue weighted by molar-refractivity contribution is 7.80. The van der Waals surface area contributed by atoms with Gasteiger partial charge in [0.25, 0.3) is 5.91 Å². The molecule has 144 valence electrons. The van der Waals surface area contributed by atoms with Gasteiger partial charge in [-0.3, -0.25) is 10.1 Å². The number of anilines is 1. The van der Waals surface area contributed by atoms with E-state index in [4.69, 9.17) is 17.0 Å². The first-order valence-corrected chi connectivity index (χ1v) is 8.78. The summed E-state index contributed by atoms with van der Waals surface area (Å²) >= 11 is 6.00. The van der Waals surface area contributed by atoms with Gasteiger partial charge in [-0.25, -0.2) is 9.78 Å². The molecule has 6 nitrogen and oxygen atoms in total. The van der Waals surface area contributed by atoms with Gasteiger partial charge in [0.15, 0.2) is 10.2 Å². The molecule has 0 saturated carbocycles. The number of hydrogen-bond acceptors (Lipinski definition) is 6. The number of halogens is 3. The van der Waals surface area contributed by atoms with Crippen molar-refractivity contribution in [3.05, 3.63) is 46.0 Å². The second-order valence-electron chi connectivity index (χ2n) is 5.14. The van der Waals surface area contributed by atoms with E-state index < -0.39 is 23.6 Å². The van der Waals surface area contributed by atoms with E-state index in [0.717, 1.165) is 35.6 Å². The Morgan fingerprint density at radius 2 is 1.89 bits per heavy atom. The molecule has 1 aromatic carbocycles. The molecule has 1 aromatic heterocycles. The number of aromatic nitrogens is 1. The monoisotopic (exact) mass is 417 g/mol. The Bertz CT molecular complexity index is 864.